The Kier molecular flexibility index (Phi) is 2.08. The van der Waals surface area contributed by atoms with E-state index in [-0.39, 0.29) is 0 Å². The third-order valence-electron chi connectivity index (χ3n) is 2.87. The molecule has 1 aliphatic heterocycles. The van der Waals surface area contributed by atoms with Crippen LogP contribution in [-0.2, 0) is 0 Å². The summed E-state index contributed by atoms with van der Waals surface area (Å²) in [6.45, 7) is 0. The van der Waals surface area contributed by atoms with Gasteiger partial charge in [0.15, 0.2) is 5.58 Å². The smallest absolute Gasteiger partial charge is 0.221 e. The van der Waals surface area contributed by atoms with Crippen molar-refractivity contribution in [2.24, 2.45) is 0 Å². The van der Waals surface area contributed by atoms with Crippen molar-refractivity contribution in [2.45, 2.75) is 0 Å². The molecule has 0 saturated heterocycles. The Labute approximate surface area is 109 Å². The summed E-state index contributed by atoms with van der Waals surface area (Å²) in [7, 11) is 0. The van der Waals surface area contributed by atoms with E-state index < -0.39 is 0 Å². The lowest BCUT2D eigenvalue weighted by atomic mass is 10.3. The highest BCUT2D eigenvalue weighted by molar-refractivity contribution is 5.76. The fourth-order valence-electron chi connectivity index (χ4n) is 2.01. The first-order valence-corrected chi connectivity index (χ1v) is 5.94. The quantitative estimate of drug-likeness (QED) is 0.648. The first-order valence-electron chi connectivity index (χ1n) is 5.94. The van der Waals surface area contributed by atoms with Crippen LogP contribution >= 0.6 is 0 Å². The van der Waals surface area contributed by atoms with Crippen molar-refractivity contribution in [3.05, 3.63) is 65.6 Å². The third kappa shape index (κ3) is 1.74. The maximum Gasteiger partial charge on any atom is 0.221 e. The minimum absolute atomic E-state index is 0.493. The van der Waals surface area contributed by atoms with E-state index in [1.54, 1.807) is 6.08 Å². The lowest BCUT2D eigenvalue weighted by Gasteiger charge is -2.10. The molecule has 19 heavy (non-hydrogen) atoms. The minimum atomic E-state index is 0.493. The van der Waals surface area contributed by atoms with Crippen molar-refractivity contribution in [3.63, 3.8) is 0 Å². The number of oxazole rings is 1. The number of fused-ring (bicyclic) bond motifs is 2. The zero-order valence-corrected chi connectivity index (χ0v) is 9.91. The number of ether oxygens (including phenoxy) is 1. The molecule has 3 aromatic rings. The molecule has 1 aliphatic rings. The summed E-state index contributed by atoms with van der Waals surface area (Å²) in [4.78, 5) is 4.36. The maximum absolute atomic E-state index is 5.60. The summed E-state index contributed by atoms with van der Waals surface area (Å²) in [5.74, 6) is 1.74. The molecule has 0 amide bonds. The second-order valence-electron chi connectivity index (χ2n) is 4.18. The van der Waals surface area contributed by atoms with Crippen molar-refractivity contribution in [1.82, 2.24) is 4.98 Å². The summed E-state index contributed by atoms with van der Waals surface area (Å²) in [6.07, 6.45) is 1.69. The summed E-state index contributed by atoms with van der Waals surface area (Å²) in [5, 5.41) is 4.36. The predicted octanol–water partition coefficient (Wildman–Crippen LogP) is 4.22. The van der Waals surface area contributed by atoms with Crippen molar-refractivity contribution < 1.29 is 9.15 Å². The molecule has 1 aromatic heterocycles. The van der Waals surface area contributed by atoms with Gasteiger partial charge in [-0.3, -0.25) is 0 Å². The number of hydrogen-bond donors (Lipinski definition) is 0. The van der Waals surface area contributed by atoms with Crippen LogP contribution in [0.4, 0.5) is 5.69 Å². The Morgan fingerprint density at radius 3 is 2.74 bits per heavy atom. The van der Waals surface area contributed by atoms with E-state index in [4.69, 9.17) is 9.15 Å². The average Bonchev–Trinajstić information content (AvgIpc) is 3.00. The summed E-state index contributed by atoms with van der Waals surface area (Å²) < 4.78 is 11.2. The molecule has 0 spiro atoms. The molecular formula is C15H9N2O2-. The van der Waals surface area contributed by atoms with Gasteiger partial charge in [0.05, 0.1) is 0 Å². The highest BCUT2D eigenvalue weighted by Gasteiger charge is 2.07. The lowest BCUT2D eigenvalue weighted by Crippen LogP contribution is -1.84. The minimum Gasteiger partial charge on any atom is -0.624 e. The predicted molar refractivity (Wildman–Crippen MR) is 72.1 cm³/mol. The molecule has 0 unspecified atom stereocenters. The SMILES string of the molecule is C(=C1\[N-]c2ccccc2O1)/c1nc2ccccc2o1. The van der Waals surface area contributed by atoms with Gasteiger partial charge in [-0.1, -0.05) is 36.0 Å². The van der Waals surface area contributed by atoms with Crippen molar-refractivity contribution in [1.29, 1.82) is 0 Å². The molecule has 0 radical (unpaired) electrons. The van der Waals surface area contributed by atoms with Crippen LogP contribution in [-0.4, -0.2) is 4.98 Å². The first-order chi connectivity index (χ1) is 9.38. The first kappa shape index (κ1) is 10.2. The van der Waals surface area contributed by atoms with Crippen LogP contribution in [0.3, 0.4) is 0 Å². The normalized spacial score (nSPS) is 15.3. The Morgan fingerprint density at radius 2 is 1.84 bits per heavy atom. The van der Waals surface area contributed by atoms with Crippen molar-refractivity contribution in [2.75, 3.05) is 0 Å². The van der Waals surface area contributed by atoms with E-state index in [2.05, 4.69) is 10.3 Å². The van der Waals surface area contributed by atoms with Gasteiger partial charge in [0.1, 0.15) is 11.3 Å². The van der Waals surface area contributed by atoms with Gasteiger partial charge >= 0.3 is 0 Å². The summed E-state index contributed by atoms with van der Waals surface area (Å²) in [5.41, 5.74) is 2.40. The van der Waals surface area contributed by atoms with E-state index >= 15 is 0 Å². The molecule has 0 saturated carbocycles. The molecule has 4 rings (SSSR count). The van der Waals surface area contributed by atoms with Gasteiger partial charge in [0.25, 0.3) is 0 Å². The molecule has 4 nitrogen and oxygen atoms in total. The van der Waals surface area contributed by atoms with E-state index in [1.807, 2.05) is 48.5 Å². The van der Waals surface area contributed by atoms with E-state index in [0.29, 0.717) is 11.8 Å². The summed E-state index contributed by atoms with van der Waals surface area (Å²) >= 11 is 0. The molecule has 2 heterocycles. The Balaban J connectivity index is 1.70. The number of aromatic nitrogens is 1. The number of benzene rings is 2. The van der Waals surface area contributed by atoms with Gasteiger partial charge in [0.2, 0.25) is 5.89 Å². The van der Waals surface area contributed by atoms with Crippen molar-refractivity contribution >= 4 is 22.9 Å². The maximum atomic E-state index is 5.60. The topological polar surface area (TPSA) is 49.4 Å². The number of para-hydroxylation sites is 4. The molecule has 0 fully saturated rings. The van der Waals surface area contributed by atoms with Gasteiger partial charge in [-0.25, -0.2) is 4.98 Å². The van der Waals surface area contributed by atoms with Crippen LogP contribution < -0.4 is 4.74 Å². The van der Waals surface area contributed by atoms with Crippen LogP contribution in [0, 0.1) is 0 Å². The molecule has 92 valence electrons. The van der Waals surface area contributed by atoms with Gasteiger partial charge in [-0.2, -0.15) is 0 Å². The third-order valence-corrected chi connectivity index (χ3v) is 2.87. The number of rotatable bonds is 1. The molecule has 0 bridgehead atoms. The van der Waals surface area contributed by atoms with Crippen LogP contribution in [0.25, 0.3) is 22.5 Å². The Morgan fingerprint density at radius 1 is 1.00 bits per heavy atom. The average molecular weight is 249 g/mol. The lowest BCUT2D eigenvalue weighted by molar-refractivity contribution is 0.464. The second-order valence-corrected chi connectivity index (χ2v) is 4.18. The zero-order chi connectivity index (χ0) is 12.7. The van der Waals surface area contributed by atoms with E-state index in [0.717, 1.165) is 22.5 Å². The van der Waals surface area contributed by atoms with Gasteiger partial charge < -0.3 is 14.5 Å². The fourth-order valence-corrected chi connectivity index (χ4v) is 2.01. The fraction of sp³-hybridized carbons (Fsp3) is 0. The number of nitrogens with zero attached hydrogens (tertiary/aromatic N) is 2. The highest BCUT2D eigenvalue weighted by Crippen LogP contribution is 2.42. The molecule has 2 aromatic carbocycles. The van der Waals surface area contributed by atoms with Crippen LogP contribution in [0.1, 0.15) is 5.89 Å². The van der Waals surface area contributed by atoms with Gasteiger partial charge in [-0.15, -0.1) is 0 Å². The van der Waals surface area contributed by atoms with Crippen LogP contribution in [0.15, 0.2) is 58.8 Å². The molecule has 4 heteroatoms. The van der Waals surface area contributed by atoms with E-state index in [9.17, 15) is 0 Å². The van der Waals surface area contributed by atoms with Gasteiger partial charge in [0, 0.05) is 12.0 Å². The van der Waals surface area contributed by atoms with Crippen LogP contribution in [0.2, 0.25) is 0 Å². The van der Waals surface area contributed by atoms with Crippen molar-refractivity contribution in [3.8, 4) is 5.75 Å². The molecule has 0 atom stereocenters. The van der Waals surface area contributed by atoms with E-state index in [1.165, 1.54) is 0 Å². The highest BCUT2D eigenvalue weighted by atomic mass is 16.5. The zero-order valence-electron chi connectivity index (χ0n) is 9.91. The molecule has 0 aliphatic carbocycles. The second kappa shape index (κ2) is 3.88. The van der Waals surface area contributed by atoms with Crippen LogP contribution in [0.5, 0.6) is 5.75 Å². The number of hydrogen-bond acceptors (Lipinski definition) is 3. The van der Waals surface area contributed by atoms with Gasteiger partial charge in [-0.05, 0) is 18.2 Å². The standard InChI is InChI=1S/C15H9N2O2/c1-3-7-12-10(5-1)16-14(18-12)9-15-17-11-6-2-4-8-13(11)19-15/h1-9H/q-1/b14-9-. The molecule has 0 N–H and O–H groups in total. The molecular weight excluding hydrogens is 240 g/mol. The monoisotopic (exact) mass is 249 g/mol. The Bertz CT molecular complexity index is 729. The Hall–Kier alpha value is -2.75. The summed E-state index contributed by atoms with van der Waals surface area (Å²) in [6, 6.07) is 15.2. The largest absolute Gasteiger partial charge is 0.624 e.